The summed E-state index contributed by atoms with van der Waals surface area (Å²) < 4.78 is 5.98. The molecular weight excluding hydrogens is 383 g/mol. The Bertz CT molecular complexity index is 1130. The van der Waals surface area contributed by atoms with Crippen LogP contribution in [-0.2, 0) is 0 Å². The van der Waals surface area contributed by atoms with Crippen molar-refractivity contribution in [2.75, 3.05) is 11.1 Å². The second-order valence-electron chi connectivity index (χ2n) is 5.77. The number of nitrogens with two attached hydrogens (primary N) is 1. The number of anilines is 3. The van der Waals surface area contributed by atoms with Crippen molar-refractivity contribution in [3.63, 3.8) is 0 Å². The largest absolute Gasteiger partial charge is 0.436 e. The van der Waals surface area contributed by atoms with E-state index < -0.39 is 0 Å². The molecule has 27 heavy (non-hydrogen) atoms. The minimum atomic E-state index is 0.252. The maximum atomic E-state index is 6.22. The zero-order chi connectivity index (χ0) is 18.8. The van der Waals surface area contributed by atoms with Gasteiger partial charge in [0.25, 0.3) is 0 Å². The van der Waals surface area contributed by atoms with Crippen molar-refractivity contribution in [1.82, 2.24) is 9.97 Å². The number of aromatic nitrogens is 2. The van der Waals surface area contributed by atoms with Gasteiger partial charge >= 0.3 is 0 Å². The highest BCUT2D eigenvalue weighted by Crippen LogP contribution is 2.35. The average Bonchev–Trinajstić information content (AvgIpc) is 2.68. The van der Waals surface area contributed by atoms with Gasteiger partial charge < -0.3 is 15.8 Å². The first-order valence-corrected chi connectivity index (χ1v) is 8.85. The number of nitrogen functional groups attached to an aromatic ring is 1. The number of nitrogens with zero attached hydrogens (tertiary/aromatic N) is 2. The number of nitrogens with one attached hydrogen (secondary N) is 1. The van der Waals surface area contributed by atoms with Crippen LogP contribution in [0.5, 0.6) is 11.6 Å². The van der Waals surface area contributed by atoms with E-state index in [0.29, 0.717) is 27.3 Å². The molecule has 0 bridgehead atoms. The molecule has 7 heteroatoms. The normalized spacial score (nSPS) is 10.7. The minimum Gasteiger partial charge on any atom is -0.436 e. The highest BCUT2D eigenvalue weighted by atomic mass is 35.5. The molecule has 0 unspecified atom stereocenters. The molecule has 4 rings (SSSR count). The lowest BCUT2D eigenvalue weighted by Gasteiger charge is -2.13. The van der Waals surface area contributed by atoms with Crippen molar-refractivity contribution in [2.45, 2.75) is 0 Å². The summed E-state index contributed by atoms with van der Waals surface area (Å²) in [7, 11) is 0. The summed E-state index contributed by atoms with van der Waals surface area (Å²) in [5.74, 6) is 1.29. The molecule has 5 nitrogen and oxygen atoms in total. The lowest BCUT2D eigenvalue weighted by atomic mass is 10.1. The van der Waals surface area contributed by atoms with Crippen molar-refractivity contribution in [3.05, 3.63) is 77.0 Å². The lowest BCUT2D eigenvalue weighted by Crippen LogP contribution is -2.03. The first-order chi connectivity index (χ1) is 13.1. The maximum absolute atomic E-state index is 6.22. The smallest absolute Gasteiger partial charge is 0.248 e. The van der Waals surface area contributed by atoms with Gasteiger partial charge in [0.1, 0.15) is 17.8 Å². The molecule has 0 spiro atoms. The Morgan fingerprint density at radius 1 is 0.926 bits per heavy atom. The summed E-state index contributed by atoms with van der Waals surface area (Å²) in [4.78, 5) is 8.35. The van der Waals surface area contributed by atoms with Gasteiger partial charge in [-0.25, -0.2) is 4.98 Å². The minimum absolute atomic E-state index is 0.252. The third kappa shape index (κ3) is 3.60. The molecule has 4 aromatic rings. The van der Waals surface area contributed by atoms with E-state index in [1.54, 1.807) is 18.2 Å². The van der Waals surface area contributed by atoms with Crippen molar-refractivity contribution >= 4 is 51.2 Å². The first kappa shape index (κ1) is 17.4. The van der Waals surface area contributed by atoms with Crippen molar-refractivity contribution < 1.29 is 4.74 Å². The van der Waals surface area contributed by atoms with Gasteiger partial charge in [-0.15, -0.1) is 0 Å². The summed E-state index contributed by atoms with van der Waals surface area (Å²) in [6, 6.07) is 18.8. The second-order valence-corrected chi connectivity index (χ2v) is 6.61. The molecule has 0 amide bonds. The highest BCUT2D eigenvalue weighted by Gasteiger charge is 2.13. The zero-order valence-electron chi connectivity index (χ0n) is 14.0. The van der Waals surface area contributed by atoms with Gasteiger partial charge in [-0.2, -0.15) is 4.98 Å². The zero-order valence-corrected chi connectivity index (χ0v) is 15.5. The van der Waals surface area contributed by atoms with Gasteiger partial charge in [-0.05, 0) is 29.7 Å². The van der Waals surface area contributed by atoms with Gasteiger partial charge in [0.15, 0.2) is 5.82 Å². The Morgan fingerprint density at radius 2 is 1.74 bits per heavy atom. The van der Waals surface area contributed by atoms with Crippen LogP contribution in [0.4, 0.5) is 17.2 Å². The van der Waals surface area contributed by atoms with Gasteiger partial charge in [0.05, 0.1) is 10.7 Å². The summed E-state index contributed by atoms with van der Waals surface area (Å²) in [6.45, 7) is 0. The van der Waals surface area contributed by atoms with Crippen LogP contribution in [0, 0.1) is 0 Å². The molecule has 0 aliphatic carbocycles. The van der Waals surface area contributed by atoms with Crippen LogP contribution in [0.15, 0.2) is 67.0 Å². The van der Waals surface area contributed by atoms with Crippen LogP contribution < -0.4 is 15.8 Å². The van der Waals surface area contributed by atoms with Crippen LogP contribution >= 0.6 is 23.2 Å². The van der Waals surface area contributed by atoms with Crippen molar-refractivity contribution in [1.29, 1.82) is 0 Å². The predicted molar refractivity (Wildman–Crippen MR) is 110 cm³/mol. The van der Waals surface area contributed by atoms with Gasteiger partial charge in [-0.3, -0.25) is 0 Å². The average molecular weight is 397 g/mol. The van der Waals surface area contributed by atoms with Crippen molar-refractivity contribution in [2.24, 2.45) is 0 Å². The SMILES string of the molecule is Nc1c(Nc2cc(Cl)ccc2Cl)ncnc1Oc1cccc2ccccc12. The third-order valence-electron chi connectivity index (χ3n) is 3.99. The molecule has 0 atom stereocenters. The molecule has 1 heterocycles. The fourth-order valence-corrected chi connectivity index (χ4v) is 3.01. The second kappa shape index (κ2) is 7.31. The maximum Gasteiger partial charge on any atom is 0.248 e. The van der Waals surface area contributed by atoms with Gasteiger partial charge in [-0.1, -0.05) is 59.6 Å². The van der Waals surface area contributed by atoms with E-state index in [1.165, 1.54) is 6.33 Å². The first-order valence-electron chi connectivity index (χ1n) is 8.10. The predicted octanol–water partition coefficient (Wildman–Crippen LogP) is 6.05. The quantitative estimate of drug-likeness (QED) is 0.438. The van der Waals surface area contributed by atoms with Crippen LogP contribution in [0.1, 0.15) is 0 Å². The van der Waals surface area contributed by atoms with Gasteiger partial charge in [0, 0.05) is 10.4 Å². The Labute approximate surface area is 165 Å². The number of hydrogen-bond donors (Lipinski definition) is 2. The molecule has 0 aliphatic rings. The molecule has 0 aliphatic heterocycles. The molecule has 0 radical (unpaired) electrons. The molecule has 0 saturated heterocycles. The summed E-state index contributed by atoms with van der Waals surface area (Å²) in [6.07, 6.45) is 1.37. The van der Waals surface area contributed by atoms with Crippen LogP contribution in [0.25, 0.3) is 10.8 Å². The Morgan fingerprint density at radius 3 is 2.63 bits per heavy atom. The van der Waals surface area contributed by atoms with Crippen LogP contribution in [0.2, 0.25) is 10.0 Å². The van der Waals surface area contributed by atoms with E-state index in [-0.39, 0.29) is 11.6 Å². The fourth-order valence-electron chi connectivity index (χ4n) is 2.67. The molecular formula is C20H14Cl2N4O. The topological polar surface area (TPSA) is 73.1 Å². The summed E-state index contributed by atoms with van der Waals surface area (Å²) >= 11 is 12.2. The highest BCUT2D eigenvalue weighted by molar-refractivity contribution is 6.35. The Kier molecular flexibility index (Phi) is 4.71. The standard InChI is InChI=1S/C20H14Cl2N4O/c21-13-8-9-15(22)16(10-13)26-19-18(23)20(25-11-24-19)27-17-7-3-5-12-4-1-2-6-14(12)17/h1-11H,23H2,(H,24,25,26). The summed E-state index contributed by atoms with van der Waals surface area (Å²) in [5, 5.41) is 6.13. The number of benzene rings is 3. The van der Waals surface area contributed by atoms with Crippen LogP contribution in [-0.4, -0.2) is 9.97 Å². The molecule has 1 aromatic heterocycles. The van der Waals surface area contributed by atoms with E-state index >= 15 is 0 Å². The number of halogens is 2. The Hall–Kier alpha value is -3.02. The summed E-state index contributed by atoms with van der Waals surface area (Å²) in [5.41, 5.74) is 7.08. The van der Waals surface area contributed by atoms with E-state index in [4.69, 9.17) is 33.7 Å². The molecule has 3 N–H and O–H groups in total. The molecule has 134 valence electrons. The number of fused-ring (bicyclic) bond motifs is 1. The van der Waals surface area contributed by atoms with Crippen molar-refractivity contribution in [3.8, 4) is 11.6 Å². The van der Waals surface area contributed by atoms with E-state index in [9.17, 15) is 0 Å². The monoisotopic (exact) mass is 396 g/mol. The van der Waals surface area contributed by atoms with Gasteiger partial charge in [0.2, 0.25) is 5.88 Å². The van der Waals surface area contributed by atoms with E-state index in [1.807, 2.05) is 42.5 Å². The number of ether oxygens (including phenoxy) is 1. The Balaban J connectivity index is 1.69. The molecule has 3 aromatic carbocycles. The third-order valence-corrected chi connectivity index (χ3v) is 4.55. The molecule has 0 fully saturated rings. The number of rotatable bonds is 4. The molecule has 0 saturated carbocycles. The van der Waals surface area contributed by atoms with Crippen LogP contribution in [0.3, 0.4) is 0 Å². The van der Waals surface area contributed by atoms with E-state index in [2.05, 4.69) is 15.3 Å². The fraction of sp³-hybridized carbons (Fsp3) is 0. The number of hydrogen-bond acceptors (Lipinski definition) is 5. The van der Waals surface area contributed by atoms with E-state index in [0.717, 1.165) is 10.8 Å². The lowest BCUT2D eigenvalue weighted by molar-refractivity contribution is 0.470.